The zero-order valence-electron chi connectivity index (χ0n) is 12.4. The lowest BCUT2D eigenvalue weighted by Crippen LogP contribution is -2.21. The van der Waals surface area contributed by atoms with Crippen molar-refractivity contribution in [3.05, 3.63) is 64.7 Å². The number of aryl methyl sites for hydroxylation is 1. The third kappa shape index (κ3) is 4.08. The Bertz CT molecular complexity index is 610. The summed E-state index contributed by atoms with van der Waals surface area (Å²) in [5.74, 6) is -0.151. The van der Waals surface area contributed by atoms with E-state index in [0.717, 1.165) is 24.0 Å². The van der Waals surface area contributed by atoms with Gasteiger partial charge in [-0.25, -0.2) is 0 Å². The number of hydrogen-bond donors (Lipinski definition) is 1. The molecule has 3 heteroatoms. The van der Waals surface area contributed by atoms with Crippen LogP contribution in [0.3, 0.4) is 0 Å². The molecule has 0 heterocycles. The molecule has 1 N–H and O–H groups in total. The first-order valence-electron chi connectivity index (χ1n) is 7.23. The van der Waals surface area contributed by atoms with Crippen molar-refractivity contribution in [1.29, 1.82) is 0 Å². The first kappa shape index (κ1) is 15.6. The number of rotatable bonds is 5. The van der Waals surface area contributed by atoms with Crippen molar-refractivity contribution in [2.75, 3.05) is 5.32 Å². The van der Waals surface area contributed by atoms with E-state index in [2.05, 4.69) is 12.2 Å². The van der Waals surface area contributed by atoms with Crippen molar-refractivity contribution >= 4 is 23.2 Å². The minimum Gasteiger partial charge on any atom is -0.324 e. The molecule has 0 spiro atoms. The van der Waals surface area contributed by atoms with E-state index in [4.69, 9.17) is 11.6 Å². The fraction of sp³-hybridized carbons (Fsp3) is 0.278. The largest absolute Gasteiger partial charge is 0.324 e. The van der Waals surface area contributed by atoms with Gasteiger partial charge < -0.3 is 5.32 Å². The van der Waals surface area contributed by atoms with Gasteiger partial charge in [0.2, 0.25) is 5.91 Å². The van der Waals surface area contributed by atoms with Crippen LogP contribution in [0.25, 0.3) is 0 Å². The van der Waals surface area contributed by atoms with Crippen LogP contribution >= 0.6 is 11.6 Å². The summed E-state index contributed by atoms with van der Waals surface area (Å²) in [7, 11) is 0. The third-order valence-corrected chi connectivity index (χ3v) is 3.79. The minimum atomic E-state index is -0.145. The summed E-state index contributed by atoms with van der Waals surface area (Å²) >= 11 is 6.19. The minimum absolute atomic E-state index is 0.00574. The van der Waals surface area contributed by atoms with Crippen LogP contribution in [-0.2, 0) is 4.79 Å². The molecule has 0 aliphatic carbocycles. The number of nitrogens with one attached hydrogen (secondary N) is 1. The summed E-state index contributed by atoms with van der Waals surface area (Å²) in [6.07, 6.45) is 1.77. The Morgan fingerprint density at radius 1 is 1.19 bits per heavy atom. The van der Waals surface area contributed by atoms with Gasteiger partial charge >= 0.3 is 0 Å². The number of hydrogen-bond acceptors (Lipinski definition) is 1. The maximum Gasteiger partial charge on any atom is 0.231 e. The highest BCUT2D eigenvalue weighted by Gasteiger charge is 2.20. The van der Waals surface area contributed by atoms with Crippen LogP contribution in [-0.4, -0.2) is 5.91 Å². The normalized spacial score (nSPS) is 12.0. The molecule has 0 unspecified atom stereocenters. The van der Waals surface area contributed by atoms with Gasteiger partial charge in [0.15, 0.2) is 0 Å². The molecule has 2 rings (SSSR count). The summed E-state index contributed by atoms with van der Waals surface area (Å²) < 4.78 is 0. The lowest BCUT2D eigenvalue weighted by Gasteiger charge is -2.17. The lowest BCUT2D eigenvalue weighted by atomic mass is 9.93. The number of carbonyl (C=O) groups excluding carboxylic acids is 1. The van der Waals surface area contributed by atoms with Gasteiger partial charge in [-0.2, -0.15) is 0 Å². The van der Waals surface area contributed by atoms with E-state index in [1.165, 1.54) is 0 Å². The highest BCUT2D eigenvalue weighted by atomic mass is 35.5. The molecule has 110 valence electrons. The number of carbonyl (C=O) groups is 1. The average molecular weight is 302 g/mol. The maximum atomic E-state index is 12.6. The van der Waals surface area contributed by atoms with E-state index >= 15 is 0 Å². The van der Waals surface area contributed by atoms with Crippen LogP contribution in [0.2, 0.25) is 5.02 Å². The summed E-state index contributed by atoms with van der Waals surface area (Å²) in [5, 5.41) is 3.53. The van der Waals surface area contributed by atoms with Gasteiger partial charge in [-0.1, -0.05) is 61.3 Å². The van der Waals surface area contributed by atoms with Crippen LogP contribution in [0, 0.1) is 6.92 Å². The molecule has 0 radical (unpaired) electrons. The molecule has 0 bridgehead atoms. The van der Waals surface area contributed by atoms with Gasteiger partial charge in [-0.05, 0) is 36.6 Å². The van der Waals surface area contributed by atoms with Crippen molar-refractivity contribution in [3.8, 4) is 0 Å². The highest BCUT2D eigenvalue weighted by molar-refractivity contribution is 6.33. The van der Waals surface area contributed by atoms with E-state index in [-0.39, 0.29) is 11.8 Å². The van der Waals surface area contributed by atoms with Gasteiger partial charge in [0.05, 0.1) is 16.6 Å². The molecule has 0 aromatic heterocycles. The Morgan fingerprint density at radius 2 is 1.90 bits per heavy atom. The molecule has 0 aliphatic heterocycles. The molecule has 0 fully saturated rings. The second-order valence-corrected chi connectivity index (χ2v) is 5.63. The van der Waals surface area contributed by atoms with Gasteiger partial charge in [-0.3, -0.25) is 4.79 Å². The number of amides is 1. The summed E-state index contributed by atoms with van der Waals surface area (Å²) in [4.78, 5) is 12.6. The molecule has 0 aliphatic rings. The standard InChI is InChI=1S/C18H20ClNO/c1-3-7-15(14-8-5-4-6-9-14)18(21)20-17-11-10-13(2)12-16(17)19/h4-6,8-12,15H,3,7H2,1-2H3,(H,20,21)/t15-/m1/s1. The molecule has 2 nitrogen and oxygen atoms in total. The van der Waals surface area contributed by atoms with E-state index in [1.807, 2.05) is 55.5 Å². The number of halogens is 1. The molecular formula is C18H20ClNO. The Kier molecular flexibility index (Phi) is 5.40. The zero-order chi connectivity index (χ0) is 15.2. The van der Waals surface area contributed by atoms with E-state index < -0.39 is 0 Å². The van der Waals surface area contributed by atoms with Gasteiger partial charge in [0.1, 0.15) is 0 Å². The van der Waals surface area contributed by atoms with E-state index in [9.17, 15) is 4.79 Å². The van der Waals surface area contributed by atoms with Crippen molar-refractivity contribution in [3.63, 3.8) is 0 Å². The third-order valence-electron chi connectivity index (χ3n) is 3.48. The fourth-order valence-electron chi connectivity index (χ4n) is 2.36. The first-order valence-corrected chi connectivity index (χ1v) is 7.61. The van der Waals surface area contributed by atoms with Crippen molar-refractivity contribution < 1.29 is 4.79 Å². The molecule has 21 heavy (non-hydrogen) atoms. The van der Waals surface area contributed by atoms with Crippen LogP contribution in [0.4, 0.5) is 5.69 Å². The van der Waals surface area contributed by atoms with Crippen LogP contribution in [0.15, 0.2) is 48.5 Å². The number of anilines is 1. The Balaban J connectivity index is 2.19. The first-order chi connectivity index (χ1) is 10.1. The Morgan fingerprint density at radius 3 is 2.52 bits per heavy atom. The molecule has 2 aromatic rings. The van der Waals surface area contributed by atoms with Gasteiger partial charge in [0, 0.05) is 0 Å². The molecule has 0 saturated heterocycles. The molecule has 1 atom stereocenters. The van der Waals surface area contributed by atoms with Crippen molar-refractivity contribution in [1.82, 2.24) is 0 Å². The zero-order valence-corrected chi connectivity index (χ0v) is 13.2. The monoisotopic (exact) mass is 301 g/mol. The summed E-state index contributed by atoms with van der Waals surface area (Å²) in [5.41, 5.74) is 2.79. The smallest absolute Gasteiger partial charge is 0.231 e. The van der Waals surface area contributed by atoms with Gasteiger partial charge in [0.25, 0.3) is 0 Å². The lowest BCUT2D eigenvalue weighted by molar-refractivity contribution is -0.117. The maximum absolute atomic E-state index is 12.6. The van der Waals surface area contributed by atoms with Crippen molar-refractivity contribution in [2.24, 2.45) is 0 Å². The second kappa shape index (κ2) is 7.28. The fourth-order valence-corrected chi connectivity index (χ4v) is 2.65. The van der Waals surface area contributed by atoms with E-state index in [1.54, 1.807) is 0 Å². The van der Waals surface area contributed by atoms with Crippen molar-refractivity contribution in [2.45, 2.75) is 32.6 Å². The van der Waals surface area contributed by atoms with Crippen LogP contribution < -0.4 is 5.32 Å². The summed E-state index contributed by atoms with van der Waals surface area (Å²) in [6, 6.07) is 15.5. The highest BCUT2D eigenvalue weighted by Crippen LogP contribution is 2.27. The quantitative estimate of drug-likeness (QED) is 0.811. The SMILES string of the molecule is CCC[C@@H](C(=O)Nc1ccc(C)cc1Cl)c1ccccc1. The summed E-state index contributed by atoms with van der Waals surface area (Å²) in [6.45, 7) is 4.06. The second-order valence-electron chi connectivity index (χ2n) is 5.22. The molecule has 2 aromatic carbocycles. The van der Waals surface area contributed by atoms with Gasteiger partial charge in [-0.15, -0.1) is 0 Å². The average Bonchev–Trinajstić information content (AvgIpc) is 2.48. The Hall–Kier alpha value is -1.80. The topological polar surface area (TPSA) is 29.1 Å². The molecular weight excluding hydrogens is 282 g/mol. The van der Waals surface area contributed by atoms with Crippen LogP contribution in [0.1, 0.15) is 36.8 Å². The molecule has 0 saturated carbocycles. The predicted octanol–water partition coefficient (Wildman–Crippen LogP) is 5.17. The Labute approximate surface area is 131 Å². The van der Waals surface area contributed by atoms with Crippen LogP contribution in [0.5, 0.6) is 0 Å². The number of benzene rings is 2. The predicted molar refractivity (Wildman–Crippen MR) is 88.9 cm³/mol. The van der Waals surface area contributed by atoms with E-state index in [0.29, 0.717) is 10.7 Å². The molecule has 1 amide bonds.